The minimum absolute atomic E-state index is 0.119. The Balaban J connectivity index is 1.71. The molecule has 4 heterocycles. The van der Waals surface area contributed by atoms with Gasteiger partial charge in [-0.3, -0.25) is 14.6 Å². The van der Waals surface area contributed by atoms with Crippen LogP contribution in [0.4, 0.5) is 22.2 Å². The molecule has 2 amide bonds. The highest BCUT2D eigenvalue weighted by Gasteiger charge is 2.42. The standard InChI is InChI=1S/C23H30N6O3/c1-14(2)27(6)20-10-15-16(17(25-20)11-24-5)12-28(21(15)30)18-8-7-9-19(26-18)29-22(31)32-13-23(29,3)4/h7-10,14,24H,11-13H2,1-6H3. The lowest BCUT2D eigenvalue weighted by Gasteiger charge is -2.27. The van der Waals surface area contributed by atoms with Crippen molar-refractivity contribution >= 4 is 29.5 Å². The third kappa shape index (κ3) is 3.66. The summed E-state index contributed by atoms with van der Waals surface area (Å²) in [4.78, 5) is 40.4. The van der Waals surface area contributed by atoms with Crippen molar-refractivity contribution in [1.29, 1.82) is 0 Å². The van der Waals surface area contributed by atoms with Crippen LogP contribution in [-0.2, 0) is 17.8 Å². The molecule has 0 aromatic carbocycles. The molecule has 4 rings (SSSR count). The van der Waals surface area contributed by atoms with Crippen molar-refractivity contribution in [2.45, 2.75) is 52.4 Å². The average molecular weight is 439 g/mol. The number of hydrogen-bond acceptors (Lipinski definition) is 7. The highest BCUT2D eigenvalue weighted by molar-refractivity contribution is 6.10. The normalized spacial score (nSPS) is 17.2. The van der Waals surface area contributed by atoms with Crippen LogP contribution in [0.1, 0.15) is 49.3 Å². The molecule has 2 aliphatic rings. The number of carbonyl (C=O) groups excluding carboxylic acids is 2. The maximum atomic E-state index is 13.4. The van der Waals surface area contributed by atoms with Gasteiger partial charge < -0.3 is 15.0 Å². The van der Waals surface area contributed by atoms with E-state index in [4.69, 9.17) is 9.72 Å². The number of anilines is 3. The Bertz CT molecular complexity index is 1070. The van der Waals surface area contributed by atoms with E-state index >= 15 is 0 Å². The molecule has 1 fully saturated rings. The number of rotatable bonds is 6. The molecule has 32 heavy (non-hydrogen) atoms. The quantitative estimate of drug-likeness (QED) is 0.741. The van der Waals surface area contributed by atoms with Crippen molar-refractivity contribution in [3.63, 3.8) is 0 Å². The number of nitrogens with one attached hydrogen (secondary N) is 1. The predicted octanol–water partition coefficient (Wildman–Crippen LogP) is 2.94. The number of fused-ring (bicyclic) bond motifs is 1. The van der Waals surface area contributed by atoms with Gasteiger partial charge in [-0.1, -0.05) is 6.07 Å². The summed E-state index contributed by atoms with van der Waals surface area (Å²) in [5.41, 5.74) is 1.88. The number of nitrogens with zero attached hydrogens (tertiary/aromatic N) is 5. The van der Waals surface area contributed by atoms with E-state index in [1.807, 2.05) is 34.0 Å². The van der Waals surface area contributed by atoms with Crippen LogP contribution in [0.2, 0.25) is 0 Å². The van der Waals surface area contributed by atoms with E-state index in [1.165, 1.54) is 4.90 Å². The van der Waals surface area contributed by atoms with Gasteiger partial charge in [-0.25, -0.2) is 14.8 Å². The van der Waals surface area contributed by atoms with E-state index in [-0.39, 0.29) is 18.6 Å². The molecule has 0 unspecified atom stereocenters. The first kappa shape index (κ1) is 22.0. The van der Waals surface area contributed by atoms with Crippen LogP contribution < -0.4 is 20.0 Å². The minimum atomic E-state index is -0.513. The zero-order valence-electron chi connectivity index (χ0n) is 19.5. The summed E-state index contributed by atoms with van der Waals surface area (Å²) in [6, 6.07) is 7.46. The SMILES string of the molecule is CNCc1nc(N(C)C(C)C)cc2c1CN(c1cccc(N3C(=O)OCC3(C)C)n1)C2=O. The molecule has 0 atom stereocenters. The van der Waals surface area contributed by atoms with Gasteiger partial charge in [0.25, 0.3) is 5.91 Å². The summed E-state index contributed by atoms with van der Waals surface area (Å²) in [6.45, 7) is 9.24. The average Bonchev–Trinajstić information content (AvgIpc) is 3.23. The number of pyridine rings is 2. The van der Waals surface area contributed by atoms with E-state index in [1.54, 1.807) is 23.1 Å². The van der Waals surface area contributed by atoms with Gasteiger partial charge in [-0.2, -0.15) is 0 Å². The Morgan fingerprint density at radius 3 is 2.56 bits per heavy atom. The van der Waals surface area contributed by atoms with Crippen LogP contribution in [-0.4, -0.2) is 54.3 Å². The third-order valence-electron chi connectivity index (χ3n) is 6.03. The lowest BCUT2D eigenvalue weighted by Crippen LogP contribution is -2.42. The fraction of sp³-hybridized carbons (Fsp3) is 0.478. The monoisotopic (exact) mass is 438 g/mol. The molecule has 0 spiro atoms. The van der Waals surface area contributed by atoms with Gasteiger partial charge in [0.1, 0.15) is 24.1 Å². The first-order valence-corrected chi connectivity index (χ1v) is 10.8. The highest BCUT2D eigenvalue weighted by atomic mass is 16.6. The Hall–Kier alpha value is -3.20. The van der Waals surface area contributed by atoms with E-state index in [9.17, 15) is 9.59 Å². The second-order valence-corrected chi connectivity index (χ2v) is 9.14. The number of carbonyl (C=O) groups is 2. The van der Waals surface area contributed by atoms with Crippen molar-refractivity contribution in [2.24, 2.45) is 0 Å². The van der Waals surface area contributed by atoms with Gasteiger partial charge in [0.05, 0.1) is 23.3 Å². The predicted molar refractivity (Wildman–Crippen MR) is 123 cm³/mol. The Morgan fingerprint density at radius 2 is 1.94 bits per heavy atom. The van der Waals surface area contributed by atoms with E-state index < -0.39 is 11.6 Å². The molecule has 2 aliphatic heterocycles. The molecule has 9 heteroatoms. The van der Waals surface area contributed by atoms with E-state index in [0.29, 0.717) is 30.3 Å². The number of aromatic nitrogens is 2. The molecule has 0 radical (unpaired) electrons. The summed E-state index contributed by atoms with van der Waals surface area (Å²) in [5.74, 6) is 1.61. The summed E-state index contributed by atoms with van der Waals surface area (Å²) >= 11 is 0. The number of cyclic esters (lactones) is 1. The van der Waals surface area contributed by atoms with E-state index in [0.717, 1.165) is 17.1 Å². The Labute approximate surface area is 188 Å². The summed E-state index contributed by atoms with van der Waals surface area (Å²) in [6.07, 6.45) is -0.433. The molecule has 9 nitrogen and oxygen atoms in total. The summed E-state index contributed by atoms with van der Waals surface area (Å²) in [7, 11) is 3.84. The molecule has 2 aromatic heterocycles. The van der Waals surface area contributed by atoms with Crippen molar-refractivity contribution in [1.82, 2.24) is 15.3 Å². The van der Waals surface area contributed by atoms with Crippen LogP contribution in [0.25, 0.3) is 0 Å². The topological polar surface area (TPSA) is 90.9 Å². The van der Waals surface area contributed by atoms with E-state index in [2.05, 4.69) is 29.0 Å². The van der Waals surface area contributed by atoms with Crippen LogP contribution in [0.5, 0.6) is 0 Å². The smallest absolute Gasteiger partial charge is 0.416 e. The largest absolute Gasteiger partial charge is 0.447 e. The minimum Gasteiger partial charge on any atom is -0.447 e. The van der Waals surface area contributed by atoms with Crippen LogP contribution in [0.3, 0.4) is 0 Å². The second-order valence-electron chi connectivity index (χ2n) is 9.14. The van der Waals surface area contributed by atoms with Gasteiger partial charge in [0.2, 0.25) is 0 Å². The Kier molecular flexibility index (Phi) is 5.54. The second kappa shape index (κ2) is 8.05. The van der Waals surface area contributed by atoms with Crippen LogP contribution in [0, 0.1) is 0 Å². The van der Waals surface area contributed by atoms with Crippen molar-refractivity contribution in [3.8, 4) is 0 Å². The van der Waals surface area contributed by atoms with Gasteiger partial charge in [0.15, 0.2) is 0 Å². The van der Waals surface area contributed by atoms with Gasteiger partial charge in [0, 0.05) is 25.2 Å². The first-order valence-electron chi connectivity index (χ1n) is 10.8. The van der Waals surface area contributed by atoms with Crippen molar-refractivity contribution < 1.29 is 14.3 Å². The lowest BCUT2D eigenvalue weighted by atomic mass is 10.1. The number of ether oxygens (including phenoxy) is 1. The first-order chi connectivity index (χ1) is 15.1. The molecule has 0 saturated carbocycles. The number of amides is 2. The molecule has 2 aromatic rings. The zero-order chi connectivity index (χ0) is 23.2. The molecule has 170 valence electrons. The molecule has 1 N–H and O–H groups in total. The zero-order valence-corrected chi connectivity index (χ0v) is 19.5. The van der Waals surface area contributed by atoms with Crippen molar-refractivity contribution in [2.75, 3.05) is 35.4 Å². The molecule has 1 saturated heterocycles. The lowest BCUT2D eigenvalue weighted by molar-refractivity contribution is 0.0996. The third-order valence-corrected chi connectivity index (χ3v) is 6.03. The summed E-state index contributed by atoms with van der Waals surface area (Å²) in [5, 5.41) is 3.15. The Morgan fingerprint density at radius 1 is 1.22 bits per heavy atom. The maximum Gasteiger partial charge on any atom is 0.416 e. The number of hydrogen-bond donors (Lipinski definition) is 1. The van der Waals surface area contributed by atoms with Gasteiger partial charge >= 0.3 is 6.09 Å². The fourth-order valence-electron chi connectivity index (χ4n) is 4.00. The van der Waals surface area contributed by atoms with Crippen LogP contribution >= 0.6 is 0 Å². The highest BCUT2D eigenvalue weighted by Crippen LogP contribution is 2.34. The van der Waals surface area contributed by atoms with Crippen LogP contribution in [0.15, 0.2) is 24.3 Å². The molecule has 0 aliphatic carbocycles. The molecular weight excluding hydrogens is 408 g/mol. The van der Waals surface area contributed by atoms with Gasteiger partial charge in [-0.05, 0) is 52.9 Å². The molecular formula is C23H30N6O3. The van der Waals surface area contributed by atoms with Crippen molar-refractivity contribution in [3.05, 3.63) is 41.1 Å². The van der Waals surface area contributed by atoms with Gasteiger partial charge in [-0.15, -0.1) is 0 Å². The maximum absolute atomic E-state index is 13.4. The fourth-order valence-corrected chi connectivity index (χ4v) is 4.00. The summed E-state index contributed by atoms with van der Waals surface area (Å²) < 4.78 is 5.22. The molecule has 0 bridgehead atoms.